The summed E-state index contributed by atoms with van der Waals surface area (Å²) in [6.07, 6.45) is 2.16. The number of aliphatic hydroxyl groups is 3. The van der Waals surface area contributed by atoms with Crippen LogP contribution in [-0.2, 0) is 9.53 Å². The maximum Gasteiger partial charge on any atom is 0.334 e. The van der Waals surface area contributed by atoms with Crippen LogP contribution in [0.1, 0.15) is 26.7 Å². The minimum Gasteiger partial charge on any atom is -0.462 e. The highest BCUT2D eigenvalue weighted by Gasteiger charge is 2.56. The minimum absolute atomic E-state index is 0.0411. The van der Waals surface area contributed by atoms with Crippen molar-refractivity contribution in [3.05, 3.63) is 11.6 Å². The number of cyclic esters (lactones) is 1. The largest absolute Gasteiger partial charge is 0.462 e. The second-order valence-corrected chi connectivity index (χ2v) is 7.17. The van der Waals surface area contributed by atoms with Crippen LogP contribution in [0, 0.1) is 23.2 Å². The summed E-state index contributed by atoms with van der Waals surface area (Å²) in [5, 5.41) is 31.0. The average Bonchev–Trinajstić information content (AvgIpc) is 2.90. The molecule has 2 fully saturated rings. The third-order valence-corrected chi connectivity index (χ3v) is 5.42. The predicted molar refractivity (Wildman–Crippen MR) is 70.6 cm³/mol. The van der Waals surface area contributed by atoms with Crippen molar-refractivity contribution in [1.29, 1.82) is 0 Å². The summed E-state index contributed by atoms with van der Waals surface area (Å²) in [5.74, 6) is -1.07. The van der Waals surface area contributed by atoms with Crippen LogP contribution in [-0.4, -0.2) is 46.2 Å². The van der Waals surface area contributed by atoms with E-state index in [9.17, 15) is 20.1 Å². The number of carbonyl (C=O) groups is 1. The zero-order chi connectivity index (χ0) is 14.7. The number of hydrogen-bond donors (Lipinski definition) is 3. The number of esters is 1. The number of hydrogen-bond acceptors (Lipinski definition) is 5. The van der Waals surface area contributed by atoms with E-state index in [0.717, 1.165) is 0 Å². The van der Waals surface area contributed by atoms with E-state index in [2.05, 4.69) is 0 Å². The van der Waals surface area contributed by atoms with Crippen LogP contribution in [0.3, 0.4) is 0 Å². The summed E-state index contributed by atoms with van der Waals surface area (Å²) in [6, 6.07) is 0. The highest BCUT2D eigenvalue weighted by atomic mass is 16.5. The summed E-state index contributed by atoms with van der Waals surface area (Å²) in [7, 11) is 0. The van der Waals surface area contributed by atoms with Gasteiger partial charge in [0, 0.05) is 12.2 Å². The molecule has 0 unspecified atom stereocenters. The normalized spacial score (nSPS) is 51.0. The lowest BCUT2D eigenvalue weighted by Crippen LogP contribution is -2.39. The number of aliphatic hydroxyl groups excluding tert-OH is 2. The number of carbonyl (C=O) groups excluding carboxylic acids is 1. The van der Waals surface area contributed by atoms with E-state index < -0.39 is 17.7 Å². The summed E-state index contributed by atoms with van der Waals surface area (Å²) in [6.45, 7) is 3.88. The Labute approximate surface area is 118 Å². The Hall–Kier alpha value is -0.910. The van der Waals surface area contributed by atoms with Crippen molar-refractivity contribution in [2.75, 3.05) is 13.2 Å². The second kappa shape index (κ2) is 4.29. The minimum atomic E-state index is -1.16. The van der Waals surface area contributed by atoms with E-state index in [-0.39, 0.29) is 36.4 Å². The fourth-order valence-electron chi connectivity index (χ4n) is 4.26. The van der Waals surface area contributed by atoms with Crippen LogP contribution in [0.15, 0.2) is 11.6 Å². The van der Waals surface area contributed by atoms with E-state index in [1.54, 1.807) is 13.0 Å². The Bertz CT molecular complexity index is 469. The molecule has 1 heterocycles. The molecule has 112 valence electrons. The lowest BCUT2D eigenvalue weighted by atomic mass is 9.79. The van der Waals surface area contributed by atoms with Crippen LogP contribution in [0.4, 0.5) is 0 Å². The third-order valence-electron chi connectivity index (χ3n) is 5.42. The van der Waals surface area contributed by atoms with Crippen molar-refractivity contribution >= 4 is 5.97 Å². The Morgan fingerprint density at radius 3 is 2.75 bits per heavy atom. The zero-order valence-corrected chi connectivity index (χ0v) is 11.9. The molecule has 1 saturated heterocycles. The number of fused-ring (bicyclic) bond motifs is 2. The van der Waals surface area contributed by atoms with Gasteiger partial charge in [0.15, 0.2) is 0 Å². The van der Waals surface area contributed by atoms with Gasteiger partial charge in [-0.2, -0.15) is 0 Å². The molecule has 1 aliphatic heterocycles. The molecule has 0 aromatic carbocycles. The van der Waals surface area contributed by atoms with E-state index in [1.807, 2.05) is 6.92 Å². The van der Waals surface area contributed by atoms with Gasteiger partial charge in [0.25, 0.3) is 0 Å². The highest BCUT2D eigenvalue weighted by Crippen LogP contribution is 2.54. The molecule has 3 aliphatic rings. The lowest BCUT2D eigenvalue weighted by molar-refractivity contribution is -0.135. The first-order valence-corrected chi connectivity index (χ1v) is 7.19. The summed E-state index contributed by atoms with van der Waals surface area (Å²) in [4.78, 5) is 11.7. The SMILES string of the molecule is C[C@]1(CO)C[C@H]2[C@H](O)[C@H]3COC(=O)C3=C[C@@](C)(O)[C@H]2C1. The quantitative estimate of drug-likeness (QED) is 0.600. The molecule has 0 spiro atoms. The molecule has 2 aliphatic carbocycles. The molecule has 3 rings (SSSR count). The molecule has 1 saturated carbocycles. The van der Waals surface area contributed by atoms with Crippen LogP contribution in [0.5, 0.6) is 0 Å². The van der Waals surface area contributed by atoms with E-state index >= 15 is 0 Å². The van der Waals surface area contributed by atoms with Crippen LogP contribution >= 0.6 is 0 Å². The van der Waals surface area contributed by atoms with Crippen molar-refractivity contribution in [3.63, 3.8) is 0 Å². The van der Waals surface area contributed by atoms with Gasteiger partial charge in [-0.15, -0.1) is 0 Å². The Kier molecular flexibility index (Phi) is 3.01. The van der Waals surface area contributed by atoms with Crippen LogP contribution in [0.2, 0.25) is 0 Å². The fourth-order valence-corrected chi connectivity index (χ4v) is 4.26. The third kappa shape index (κ3) is 1.91. The molecule has 5 nitrogen and oxygen atoms in total. The Morgan fingerprint density at radius 2 is 2.10 bits per heavy atom. The molecular formula is C15H22O5. The molecule has 6 atom stereocenters. The molecule has 5 heteroatoms. The van der Waals surface area contributed by atoms with Gasteiger partial charge >= 0.3 is 5.97 Å². The zero-order valence-electron chi connectivity index (χ0n) is 11.9. The maximum atomic E-state index is 11.7. The van der Waals surface area contributed by atoms with Crippen LogP contribution in [0.25, 0.3) is 0 Å². The van der Waals surface area contributed by atoms with Gasteiger partial charge in [0.2, 0.25) is 0 Å². The Balaban J connectivity index is 2.02. The van der Waals surface area contributed by atoms with Gasteiger partial charge in [-0.1, -0.05) is 6.92 Å². The van der Waals surface area contributed by atoms with Crippen molar-refractivity contribution in [2.24, 2.45) is 23.2 Å². The van der Waals surface area contributed by atoms with Gasteiger partial charge < -0.3 is 20.1 Å². The van der Waals surface area contributed by atoms with E-state index in [4.69, 9.17) is 4.74 Å². The first kappa shape index (κ1) is 14.0. The second-order valence-electron chi connectivity index (χ2n) is 7.17. The first-order chi connectivity index (χ1) is 9.27. The summed E-state index contributed by atoms with van der Waals surface area (Å²) < 4.78 is 5.02. The van der Waals surface area contributed by atoms with Crippen molar-refractivity contribution < 1.29 is 24.9 Å². The molecular weight excluding hydrogens is 260 g/mol. The molecule has 20 heavy (non-hydrogen) atoms. The van der Waals surface area contributed by atoms with E-state index in [1.165, 1.54) is 0 Å². The fraction of sp³-hybridized carbons (Fsp3) is 0.800. The highest BCUT2D eigenvalue weighted by molar-refractivity contribution is 5.91. The van der Waals surface area contributed by atoms with Gasteiger partial charge in [-0.3, -0.25) is 0 Å². The first-order valence-electron chi connectivity index (χ1n) is 7.19. The monoisotopic (exact) mass is 282 g/mol. The molecule has 0 aromatic heterocycles. The summed E-state index contributed by atoms with van der Waals surface area (Å²) >= 11 is 0. The molecule has 0 amide bonds. The van der Waals surface area contributed by atoms with Crippen molar-refractivity contribution in [2.45, 2.75) is 38.4 Å². The molecule has 0 aromatic rings. The van der Waals surface area contributed by atoms with E-state index in [0.29, 0.717) is 18.4 Å². The number of rotatable bonds is 1. The lowest BCUT2D eigenvalue weighted by Gasteiger charge is -2.32. The van der Waals surface area contributed by atoms with Gasteiger partial charge in [0.1, 0.15) is 6.61 Å². The van der Waals surface area contributed by atoms with Crippen molar-refractivity contribution in [1.82, 2.24) is 0 Å². The van der Waals surface area contributed by atoms with Crippen LogP contribution < -0.4 is 0 Å². The average molecular weight is 282 g/mol. The number of ether oxygens (including phenoxy) is 1. The summed E-state index contributed by atoms with van der Waals surface area (Å²) in [5.41, 5.74) is -1.04. The Morgan fingerprint density at radius 1 is 1.40 bits per heavy atom. The van der Waals surface area contributed by atoms with Gasteiger partial charge in [-0.05, 0) is 43.1 Å². The molecule has 3 N–H and O–H groups in total. The smallest absolute Gasteiger partial charge is 0.334 e. The van der Waals surface area contributed by atoms with Gasteiger partial charge in [-0.25, -0.2) is 4.79 Å². The standard InChI is InChI=1S/C15H22O5/c1-14(7-16)3-9-11(5-14)15(2,19)4-8-10(12(9)17)6-20-13(8)18/h4,9-12,16-17,19H,3,5-7H2,1-2H3/t9-,10+,11+,12+,14+,15-/m1/s1. The van der Waals surface area contributed by atoms with Crippen molar-refractivity contribution in [3.8, 4) is 0 Å². The maximum absolute atomic E-state index is 11.7. The molecule has 0 bridgehead atoms. The van der Waals surface area contributed by atoms with Gasteiger partial charge in [0.05, 0.1) is 17.6 Å². The topological polar surface area (TPSA) is 87.0 Å². The molecule has 0 radical (unpaired) electrons. The predicted octanol–water partition coefficient (Wildman–Crippen LogP) is 0.236.